The van der Waals surface area contributed by atoms with Crippen LogP contribution in [0.3, 0.4) is 0 Å². The predicted molar refractivity (Wildman–Crippen MR) is 275 cm³/mol. The highest BCUT2D eigenvalue weighted by molar-refractivity contribution is 6.32. The Bertz CT molecular complexity index is 2990. The molecule has 8 nitrogen and oxygen atoms in total. The summed E-state index contributed by atoms with van der Waals surface area (Å²) in [6.07, 6.45) is 2.63. The van der Waals surface area contributed by atoms with Crippen molar-refractivity contribution >= 4 is 57.5 Å². The van der Waals surface area contributed by atoms with Gasteiger partial charge in [0.25, 0.3) is 0 Å². The fraction of sp³-hybridized carbons (Fsp3) is 0.267. The molecule has 0 atom stereocenters. The fourth-order valence-corrected chi connectivity index (χ4v) is 9.84. The molecule has 0 saturated heterocycles. The van der Waals surface area contributed by atoms with Crippen LogP contribution in [0.5, 0.6) is 23.0 Å². The van der Waals surface area contributed by atoms with Crippen molar-refractivity contribution < 1.29 is 39.6 Å². The van der Waals surface area contributed by atoms with Crippen LogP contribution in [0.25, 0.3) is 76.8 Å². The van der Waals surface area contributed by atoms with Gasteiger partial charge in [-0.25, -0.2) is 0 Å². The fourth-order valence-electron chi connectivity index (χ4n) is 9.84. The summed E-state index contributed by atoms with van der Waals surface area (Å²) in [7, 11) is 0. The molecule has 8 rings (SSSR count). The zero-order valence-corrected chi connectivity index (χ0v) is 40.8. The molecule has 0 heterocycles. The van der Waals surface area contributed by atoms with Crippen molar-refractivity contribution in [1.29, 1.82) is 0 Å². The van der Waals surface area contributed by atoms with E-state index in [1.54, 1.807) is 24.3 Å². The molecular weight excluding hydrogens is 849 g/mol. The topological polar surface area (TPSA) is 149 Å². The van der Waals surface area contributed by atoms with E-state index in [9.17, 15) is 39.6 Å². The molecule has 8 heteroatoms. The summed E-state index contributed by atoms with van der Waals surface area (Å²) in [6.45, 7) is 23.7. The number of carbonyl (C=O) groups excluding carboxylic acids is 4. The van der Waals surface area contributed by atoms with Crippen LogP contribution >= 0.6 is 0 Å². The third kappa shape index (κ3) is 7.75. The van der Waals surface area contributed by atoms with Crippen molar-refractivity contribution in [2.75, 3.05) is 0 Å². The van der Waals surface area contributed by atoms with E-state index in [1.807, 2.05) is 144 Å². The first-order valence-electron chi connectivity index (χ1n) is 22.8. The molecule has 8 aromatic rings. The number of aromatic hydroxyl groups is 4. The molecule has 0 spiro atoms. The maximum Gasteiger partial charge on any atom is 0.153 e. The minimum atomic E-state index is -0.557. The van der Waals surface area contributed by atoms with Gasteiger partial charge in [0.15, 0.2) is 25.1 Å². The van der Waals surface area contributed by atoms with Crippen molar-refractivity contribution in [2.45, 2.75) is 105 Å². The Kier molecular flexibility index (Phi) is 11.2. The predicted octanol–water partition coefficient (Wildman–Crippen LogP) is 14.5. The SMILES string of the molecule is CC(C)(C)c1cc(-c2cc(-c3cc(C=O)c(O)c(C(C)(C)C)c3)c3ccc4c(-c5cc(C=O)c(O)c(C(C)(C)C)c5)cc(-c5cc(C=O)c(O)c(C(C)(C)C)c5)c5ccc2c3c54)cc(C=O)c1O. The molecule has 0 aliphatic rings. The molecule has 346 valence electrons. The second kappa shape index (κ2) is 16.2. The first kappa shape index (κ1) is 47.2. The lowest BCUT2D eigenvalue weighted by molar-refractivity contribution is 0.111. The third-order valence-electron chi connectivity index (χ3n) is 13.4. The monoisotopic (exact) mass is 906 g/mol. The van der Waals surface area contributed by atoms with Gasteiger partial charge < -0.3 is 20.4 Å². The molecule has 0 unspecified atom stereocenters. The minimum absolute atomic E-state index is 0.0936. The standard InChI is InChI=1S/C60H58O8/c1-57(2,3)47-21-31(17-35(27-61)53(47)65)43-25-44(32-18-36(28-62)54(66)48(22-32)58(4,5)6)40-15-16-42-46(34-20-38(30-64)56(68)50(24-34)60(10,11)12)26-45(41-14-13-39(43)51(40)52(41)42)33-19-37(29-63)55(67)49(23-33)59(7,8)9/h13-30,65-68H,1-12H3. The van der Waals surface area contributed by atoms with Crippen LogP contribution in [0.15, 0.2) is 84.9 Å². The van der Waals surface area contributed by atoms with E-state index in [0.717, 1.165) is 54.6 Å². The van der Waals surface area contributed by atoms with Gasteiger partial charge in [0.05, 0.1) is 22.3 Å². The summed E-state index contributed by atoms with van der Waals surface area (Å²) in [5.74, 6) is -0.375. The number of aldehydes is 4. The van der Waals surface area contributed by atoms with Gasteiger partial charge in [0.2, 0.25) is 0 Å². The molecule has 0 radical (unpaired) electrons. The van der Waals surface area contributed by atoms with Gasteiger partial charge in [-0.05, 0) is 159 Å². The number of benzene rings is 8. The molecule has 0 fully saturated rings. The van der Waals surface area contributed by atoms with Gasteiger partial charge in [-0.3, -0.25) is 19.2 Å². The largest absolute Gasteiger partial charge is 0.507 e. The summed E-state index contributed by atoms with van der Waals surface area (Å²) in [6, 6.07) is 26.7. The van der Waals surface area contributed by atoms with E-state index in [0.29, 0.717) is 69.7 Å². The third-order valence-corrected chi connectivity index (χ3v) is 13.4. The lowest BCUT2D eigenvalue weighted by Crippen LogP contribution is -2.13. The highest BCUT2D eigenvalue weighted by Gasteiger charge is 2.29. The maximum absolute atomic E-state index is 12.7. The van der Waals surface area contributed by atoms with Gasteiger partial charge in [0.1, 0.15) is 23.0 Å². The van der Waals surface area contributed by atoms with E-state index >= 15 is 0 Å². The molecule has 0 aliphatic carbocycles. The van der Waals surface area contributed by atoms with E-state index in [4.69, 9.17) is 0 Å². The molecule has 0 aromatic heterocycles. The Labute approximate surface area is 397 Å². The Morgan fingerprint density at radius 3 is 0.662 bits per heavy atom. The summed E-state index contributed by atoms with van der Waals surface area (Å²) >= 11 is 0. The van der Waals surface area contributed by atoms with Gasteiger partial charge in [-0.2, -0.15) is 0 Å². The lowest BCUT2D eigenvalue weighted by Gasteiger charge is -2.26. The van der Waals surface area contributed by atoms with Crippen LogP contribution in [0, 0.1) is 0 Å². The number of rotatable bonds is 8. The van der Waals surface area contributed by atoms with E-state index in [2.05, 4.69) is 0 Å². The normalized spacial score (nSPS) is 12.6. The highest BCUT2D eigenvalue weighted by Crippen LogP contribution is 2.52. The maximum atomic E-state index is 12.7. The number of hydrogen-bond donors (Lipinski definition) is 4. The van der Waals surface area contributed by atoms with Gasteiger partial charge in [0, 0.05) is 22.3 Å². The lowest BCUT2D eigenvalue weighted by atomic mass is 9.78. The molecule has 4 N–H and O–H groups in total. The molecule has 0 saturated carbocycles. The van der Waals surface area contributed by atoms with Crippen LogP contribution in [0.2, 0.25) is 0 Å². The van der Waals surface area contributed by atoms with Crippen LogP contribution in [-0.2, 0) is 21.7 Å². The molecule has 0 amide bonds. The smallest absolute Gasteiger partial charge is 0.153 e. The van der Waals surface area contributed by atoms with Gasteiger partial charge in [-0.1, -0.05) is 107 Å². The Balaban J connectivity index is 1.66. The van der Waals surface area contributed by atoms with E-state index in [-0.39, 0.29) is 45.3 Å². The quantitative estimate of drug-likeness (QED) is 0.0870. The second-order valence-electron chi connectivity index (χ2n) is 22.3. The average molecular weight is 907 g/mol. The molecule has 0 aliphatic heterocycles. The van der Waals surface area contributed by atoms with Crippen molar-refractivity contribution in [3.63, 3.8) is 0 Å². The van der Waals surface area contributed by atoms with Crippen molar-refractivity contribution in [3.05, 3.63) is 129 Å². The van der Waals surface area contributed by atoms with Gasteiger partial charge in [-0.15, -0.1) is 0 Å². The molecular formula is C60H58O8. The average Bonchev–Trinajstić information content (AvgIpc) is 3.26. The zero-order valence-electron chi connectivity index (χ0n) is 40.8. The summed E-state index contributed by atoms with van der Waals surface area (Å²) in [4.78, 5) is 50.8. The van der Waals surface area contributed by atoms with Crippen LogP contribution < -0.4 is 0 Å². The molecule has 68 heavy (non-hydrogen) atoms. The van der Waals surface area contributed by atoms with E-state index < -0.39 is 21.7 Å². The summed E-state index contributed by atoms with van der Waals surface area (Å²) in [5, 5.41) is 50.6. The van der Waals surface area contributed by atoms with Crippen molar-refractivity contribution in [3.8, 4) is 67.5 Å². The second-order valence-corrected chi connectivity index (χ2v) is 22.3. The zero-order chi connectivity index (χ0) is 49.7. The minimum Gasteiger partial charge on any atom is -0.507 e. The van der Waals surface area contributed by atoms with Crippen molar-refractivity contribution in [1.82, 2.24) is 0 Å². The number of hydrogen-bond acceptors (Lipinski definition) is 8. The summed E-state index contributed by atoms with van der Waals surface area (Å²) < 4.78 is 0. The number of phenols is 4. The van der Waals surface area contributed by atoms with Gasteiger partial charge >= 0.3 is 0 Å². The van der Waals surface area contributed by atoms with Crippen LogP contribution in [-0.4, -0.2) is 45.6 Å². The van der Waals surface area contributed by atoms with Crippen molar-refractivity contribution in [2.24, 2.45) is 0 Å². The Morgan fingerprint density at radius 2 is 0.500 bits per heavy atom. The Hall–Kier alpha value is -7.32. The number of phenolic OH excluding ortho intramolecular Hbond substituents is 4. The molecule has 8 aromatic carbocycles. The van der Waals surface area contributed by atoms with E-state index in [1.165, 1.54) is 0 Å². The summed E-state index contributed by atoms with van der Waals surface area (Å²) in [5.41, 5.74) is 6.29. The first-order chi connectivity index (χ1) is 31.7. The van der Waals surface area contributed by atoms with Crippen LogP contribution in [0.4, 0.5) is 0 Å². The first-order valence-corrected chi connectivity index (χ1v) is 22.8. The Morgan fingerprint density at radius 1 is 0.309 bits per heavy atom. The number of carbonyl (C=O) groups is 4. The highest BCUT2D eigenvalue weighted by atomic mass is 16.3. The van der Waals surface area contributed by atoms with Crippen LogP contribution in [0.1, 0.15) is 147 Å². The molecule has 0 bridgehead atoms.